The molecule has 1 aromatic carbocycles. The van der Waals surface area contributed by atoms with E-state index in [0.29, 0.717) is 0 Å². The van der Waals surface area contributed by atoms with Crippen molar-refractivity contribution in [2.45, 2.75) is 52.5 Å². The van der Waals surface area contributed by atoms with Crippen molar-refractivity contribution < 1.29 is 135 Å². The molecule has 1 aromatic rings. The summed E-state index contributed by atoms with van der Waals surface area (Å²) in [5, 5.41) is 0. The number of halogens is 21. The maximum atomic E-state index is 14.2. The summed E-state index contributed by atoms with van der Waals surface area (Å²) in [4.78, 5) is -4.09. The maximum absolute atomic E-state index is 14.2. The van der Waals surface area contributed by atoms with E-state index in [1.165, 1.54) is 0 Å². The van der Waals surface area contributed by atoms with Crippen molar-refractivity contribution in [3.63, 3.8) is 0 Å². The molecule has 0 aromatic heterocycles. The number of alkyl halides is 17. The van der Waals surface area contributed by atoms with Crippen molar-refractivity contribution in [2.75, 3.05) is 0 Å². The first-order valence-corrected chi connectivity index (χ1v) is 9.58. The van der Waals surface area contributed by atoms with Gasteiger partial charge in [-0.2, -0.15) is 74.6 Å². The van der Waals surface area contributed by atoms with E-state index in [4.69, 9.17) is 0 Å². The summed E-state index contributed by atoms with van der Waals surface area (Å²) in [6.45, 7) is 0. The second kappa shape index (κ2) is 10.1. The molecule has 0 bridgehead atoms. The van der Waals surface area contributed by atoms with Crippen LogP contribution in [-0.4, -0.2) is 54.7 Å². The van der Waals surface area contributed by atoms with Gasteiger partial charge in [-0.15, -0.1) is 0 Å². The molecule has 0 amide bonds. The Morgan fingerprint density at radius 3 is 1.02 bits per heavy atom. The molecule has 0 N–H and O–H groups in total. The summed E-state index contributed by atoms with van der Waals surface area (Å²) < 4.78 is 312. The summed E-state index contributed by atoms with van der Waals surface area (Å²) in [5.41, 5.74) is -4.63. The van der Waals surface area contributed by atoms with Gasteiger partial charge in [0.25, 0.3) is 0 Å². The van der Waals surface area contributed by atoms with Gasteiger partial charge in [0.15, 0.2) is 23.3 Å². The molecule has 0 spiro atoms. The van der Waals surface area contributed by atoms with Gasteiger partial charge in [0.1, 0.15) is 15.0 Å². The summed E-state index contributed by atoms with van der Waals surface area (Å²) >= 11 is 0. The SMILES string of the molecule is O=S(=O)([O-])c1c(F)c(F)c(F)c(F)c1C(F)(F)C(F)(F)C(F)(F)C(F)(F)C(F)(F)C(F)(F)C(F)(F)C(F)(F)F.[Na+]. The van der Waals surface area contributed by atoms with E-state index in [-0.39, 0.29) is 29.6 Å². The monoisotopic (exact) mass is 670 g/mol. The van der Waals surface area contributed by atoms with Crippen LogP contribution in [-0.2, 0) is 16.0 Å². The van der Waals surface area contributed by atoms with Crippen LogP contribution in [0.15, 0.2) is 4.90 Å². The van der Waals surface area contributed by atoms with Crippen molar-refractivity contribution in [3.05, 3.63) is 28.8 Å². The van der Waals surface area contributed by atoms with Crippen LogP contribution in [0.25, 0.3) is 0 Å². The van der Waals surface area contributed by atoms with Crippen molar-refractivity contribution >= 4 is 10.1 Å². The molecule has 0 aliphatic carbocycles. The first-order chi connectivity index (χ1) is 16.6. The van der Waals surface area contributed by atoms with Crippen molar-refractivity contribution in [1.29, 1.82) is 0 Å². The second-order valence-electron chi connectivity index (χ2n) is 6.93. The summed E-state index contributed by atoms with van der Waals surface area (Å²) in [6.07, 6.45) is -8.05. The van der Waals surface area contributed by atoms with Crippen LogP contribution in [0.2, 0.25) is 0 Å². The summed E-state index contributed by atoms with van der Waals surface area (Å²) in [6, 6.07) is 0. The van der Waals surface area contributed by atoms with Gasteiger partial charge >= 0.3 is 77.2 Å². The zero-order valence-electron chi connectivity index (χ0n) is 17.6. The molecule has 0 unspecified atom stereocenters. The van der Waals surface area contributed by atoms with Gasteiger partial charge in [0.2, 0.25) is 0 Å². The van der Waals surface area contributed by atoms with Crippen LogP contribution >= 0.6 is 0 Å². The van der Waals surface area contributed by atoms with E-state index in [2.05, 4.69) is 0 Å². The van der Waals surface area contributed by atoms with Gasteiger partial charge in [-0.3, -0.25) is 0 Å². The summed E-state index contributed by atoms with van der Waals surface area (Å²) in [7, 11) is -7.45. The van der Waals surface area contributed by atoms with Crippen LogP contribution in [0.5, 0.6) is 0 Å². The third-order valence-electron chi connectivity index (χ3n) is 4.51. The van der Waals surface area contributed by atoms with E-state index in [0.717, 1.165) is 0 Å². The molecule has 3 nitrogen and oxygen atoms in total. The predicted molar refractivity (Wildman–Crippen MR) is 73.9 cm³/mol. The van der Waals surface area contributed by atoms with Gasteiger partial charge < -0.3 is 4.55 Å². The normalized spacial score (nSPS) is 15.2. The fraction of sp³-hybridized carbons (Fsp3) is 0.571. The minimum Gasteiger partial charge on any atom is -0.744 e. The van der Waals surface area contributed by atoms with Gasteiger partial charge in [-0.1, -0.05) is 0 Å². The van der Waals surface area contributed by atoms with E-state index >= 15 is 0 Å². The van der Waals surface area contributed by atoms with Crippen molar-refractivity contribution in [1.82, 2.24) is 0 Å². The van der Waals surface area contributed by atoms with Crippen LogP contribution in [0.1, 0.15) is 5.56 Å². The average molecular weight is 670 g/mol. The molecular formula is C14F21NaO3S. The van der Waals surface area contributed by atoms with Crippen LogP contribution < -0.4 is 29.6 Å². The Kier molecular flexibility index (Phi) is 9.80. The Hall–Kier alpha value is -1.34. The Morgan fingerprint density at radius 2 is 0.725 bits per heavy atom. The zero-order chi connectivity index (χ0) is 32.0. The molecule has 0 aliphatic heterocycles. The Bertz CT molecular complexity index is 1250. The quantitative estimate of drug-likeness (QED) is 0.140. The largest absolute Gasteiger partial charge is 1.00 e. The van der Waals surface area contributed by atoms with E-state index in [1.807, 2.05) is 0 Å². The smallest absolute Gasteiger partial charge is 0.744 e. The first-order valence-electron chi connectivity index (χ1n) is 8.17. The van der Waals surface area contributed by atoms with E-state index < -0.39 is 91.5 Å². The molecule has 0 atom stereocenters. The molecule has 1 rings (SSSR count). The molecule has 0 aliphatic rings. The first kappa shape index (κ1) is 38.7. The molecule has 0 saturated carbocycles. The average Bonchev–Trinajstić information content (AvgIpc) is 2.71. The second-order valence-corrected chi connectivity index (χ2v) is 8.25. The maximum Gasteiger partial charge on any atom is 1.00 e. The van der Waals surface area contributed by atoms with Crippen LogP contribution in [0, 0.1) is 23.3 Å². The third-order valence-corrected chi connectivity index (χ3v) is 5.39. The van der Waals surface area contributed by atoms with Gasteiger partial charge in [-0.25, -0.2) is 26.0 Å². The minimum atomic E-state index is -9.21. The van der Waals surface area contributed by atoms with Crippen LogP contribution in [0.3, 0.4) is 0 Å². The molecule has 0 heterocycles. The fourth-order valence-electron chi connectivity index (χ4n) is 2.45. The molecule has 0 fully saturated rings. The summed E-state index contributed by atoms with van der Waals surface area (Å²) in [5.74, 6) is -77.7. The Labute approximate surface area is 226 Å². The molecule has 40 heavy (non-hydrogen) atoms. The molecular weight excluding hydrogens is 670 g/mol. The van der Waals surface area contributed by atoms with E-state index in [1.54, 1.807) is 0 Å². The third kappa shape index (κ3) is 4.89. The molecule has 0 saturated heterocycles. The Balaban J connectivity index is 0.0000152. The number of hydrogen-bond donors (Lipinski definition) is 0. The van der Waals surface area contributed by atoms with Crippen molar-refractivity contribution in [3.8, 4) is 0 Å². The van der Waals surface area contributed by atoms with Gasteiger partial charge in [0.05, 0.1) is 5.56 Å². The van der Waals surface area contributed by atoms with Crippen molar-refractivity contribution in [2.24, 2.45) is 0 Å². The van der Waals surface area contributed by atoms with Gasteiger partial charge in [-0.05, 0) is 0 Å². The zero-order valence-corrected chi connectivity index (χ0v) is 20.4. The van der Waals surface area contributed by atoms with Crippen LogP contribution in [0.4, 0.5) is 92.2 Å². The number of rotatable bonds is 8. The van der Waals surface area contributed by atoms with E-state index in [9.17, 15) is 105 Å². The molecule has 26 heteroatoms. The standard InChI is InChI=1S/C14HF21O3S.Na/c15-2-1(6(39(36,37)38)5(18)4(17)3(2)16)7(19,20)8(21,22)9(23,24)10(25,26)11(27,28)12(29,30)13(31,32)14(33,34)35;/h(H,36,37,38);/q;+1/p-1. The molecule has 228 valence electrons. The van der Waals surface area contributed by atoms with Gasteiger partial charge in [0, 0.05) is 0 Å². The topological polar surface area (TPSA) is 57.2 Å². The minimum absolute atomic E-state index is 0. The molecule has 0 radical (unpaired) electrons. The number of hydrogen-bond acceptors (Lipinski definition) is 3. The Morgan fingerprint density at radius 1 is 0.450 bits per heavy atom. The fourth-order valence-corrected chi connectivity index (χ4v) is 3.22. The number of benzene rings is 1. The predicted octanol–water partition coefficient (Wildman–Crippen LogP) is 3.62.